The van der Waals surface area contributed by atoms with Crippen LogP contribution in [-0.4, -0.2) is 39.8 Å². The van der Waals surface area contributed by atoms with Crippen LogP contribution in [0.15, 0.2) is 11.6 Å². The number of thiazole rings is 1. The number of hydrogen-bond donors (Lipinski definition) is 4. The van der Waals surface area contributed by atoms with Crippen LogP contribution in [0.25, 0.3) is 0 Å². The molecule has 8 heteroatoms. The van der Waals surface area contributed by atoms with Gasteiger partial charge < -0.3 is 15.5 Å². The molecule has 0 aliphatic carbocycles. The van der Waals surface area contributed by atoms with Crippen molar-refractivity contribution in [3.8, 4) is 0 Å². The molecule has 0 aliphatic heterocycles. The van der Waals surface area contributed by atoms with Crippen molar-refractivity contribution in [2.24, 2.45) is 0 Å². The van der Waals surface area contributed by atoms with Crippen LogP contribution < -0.4 is 10.6 Å². The van der Waals surface area contributed by atoms with Gasteiger partial charge in [-0.1, -0.05) is 0 Å². The van der Waals surface area contributed by atoms with Crippen molar-refractivity contribution >= 4 is 28.5 Å². The Balaban J connectivity index is 2.45. The van der Waals surface area contributed by atoms with Gasteiger partial charge in [-0.15, -0.1) is 11.3 Å². The Morgan fingerprint density at radius 3 is 2.80 bits per heavy atom. The first-order valence-corrected chi connectivity index (χ1v) is 4.82. The minimum atomic E-state index is -1.31. The molecule has 82 valence electrons. The molecular weight excluding hydrogens is 222 g/mol. The van der Waals surface area contributed by atoms with Crippen LogP contribution >= 0.6 is 11.3 Å². The molecule has 0 saturated carbocycles. The van der Waals surface area contributed by atoms with E-state index in [9.17, 15) is 9.59 Å². The van der Waals surface area contributed by atoms with Gasteiger partial charge in [-0.2, -0.15) is 0 Å². The van der Waals surface area contributed by atoms with Crippen LogP contribution in [0, 0.1) is 0 Å². The molecule has 15 heavy (non-hydrogen) atoms. The zero-order chi connectivity index (χ0) is 11.3. The fourth-order valence-electron chi connectivity index (χ4n) is 0.762. The maximum atomic E-state index is 11.2. The normalized spacial score (nSPS) is 11.8. The first-order valence-electron chi connectivity index (χ1n) is 3.94. The number of aliphatic hydroxyl groups excluding tert-OH is 1. The van der Waals surface area contributed by atoms with E-state index in [1.165, 1.54) is 17.5 Å². The van der Waals surface area contributed by atoms with E-state index in [0.29, 0.717) is 5.13 Å². The Bertz CT molecular complexity index is 340. The number of aromatic nitrogens is 1. The number of urea groups is 1. The lowest BCUT2D eigenvalue weighted by atomic mass is 10.3. The van der Waals surface area contributed by atoms with Crippen molar-refractivity contribution in [2.75, 3.05) is 11.9 Å². The van der Waals surface area contributed by atoms with Gasteiger partial charge in [0, 0.05) is 11.6 Å². The lowest BCUT2D eigenvalue weighted by Crippen LogP contribution is -2.45. The SMILES string of the molecule is O=C(Nc1nccs1)NC(CO)C(=O)O. The molecular formula is C7H9N3O4S. The number of carboxylic acid groups (broad SMARTS) is 1. The summed E-state index contributed by atoms with van der Waals surface area (Å²) in [6.07, 6.45) is 1.50. The van der Waals surface area contributed by atoms with Gasteiger partial charge in [0.05, 0.1) is 6.61 Å². The monoisotopic (exact) mass is 231 g/mol. The van der Waals surface area contributed by atoms with Crippen LogP contribution in [0.2, 0.25) is 0 Å². The number of aliphatic hydroxyl groups is 1. The first-order chi connectivity index (χ1) is 7.13. The smallest absolute Gasteiger partial charge is 0.328 e. The second-order valence-electron chi connectivity index (χ2n) is 2.51. The van der Waals surface area contributed by atoms with E-state index in [0.717, 1.165) is 0 Å². The summed E-state index contributed by atoms with van der Waals surface area (Å²) in [5, 5.41) is 23.6. The highest BCUT2D eigenvalue weighted by Crippen LogP contribution is 2.09. The standard InChI is InChI=1S/C7H9N3O4S/c11-3-4(5(12)13)9-6(14)10-7-8-1-2-15-7/h1-2,4,11H,3H2,(H,12,13)(H2,8,9,10,14). The number of nitrogens with one attached hydrogen (secondary N) is 2. The third-order valence-corrected chi connectivity index (χ3v) is 2.13. The van der Waals surface area contributed by atoms with Gasteiger partial charge in [0.25, 0.3) is 0 Å². The first kappa shape index (κ1) is 11.4. The molecule has 0 saturated heterocycles. The number of rotatable bonds is 4. The van der Waals surface area contributed by atoms with E-state index in [2.05, 4.69) is 15.6 Å². The minimum absolute atomic E-state index is 0.356. The van der Waals surface area contributed by atoms with E-state index in [1.807, 2.05) is 0 Å². The Kier molecular flexibility index (Phi) is 4.01. The summed E-state index contributed by atoms with van der Waals surface area (Å²) in [4.78, 5) is 25.4. The fraction of sp³-hybridized carbons (Fsp3) is 0.286. The van der Waals surface area contributed by atoms with Crippen molar-refractivity contribution < 1.29 is 19.8 Å². The fourth-order valence-corrected chi connectivity index (χ4v) is 1.29. The summed E-state index contributed by atoms with van der Waals surface area (Å²) in [5.41, 5.74) is 0. The third kappa shape index (κ3) is 3.52. The predicted molar refractivity (Wildman–Crippen MR) is 52.8 cm³/mol. The predicted octanol–water partition coefficient (Wildman–Crippen LogP) is -0.290. The van der Waals surface area contributed by atoms with Crippen LogP contribution in [0.4, 0.5) is 9.93 Å². The highest BCUT2D eigenvalue weighted by atomic mass is 32.1. The summed E-state index contributed by atoms with van der Waals surface area (Å²) >= 11 is 1.20. The maximum absolute atomic E-state index is 11.2. The molecule has 0 aromatic carbocycles. The number of carbonyl (C=O) groups excluding carboxylic acids is 1. The van der Waals surface area contributed by atoms with Crippen LogP contribution in [0.5, 0.6) is 0 Å². The summed E-state index contributed by atoms with van der Waals surface area (Å²) < 4.78 is 0. The molecule has 1 atom stereocenters. The summed E-state index contributed by atoms with van der Waals surface area (Å²) in [7, 11) is 0. The van der Waals surface area contributed by atoms with E-state index in [1.54, 1.807) is 5.38 Å². The van der Waals surface area contributed by atoms with E-state index < -0.39 is 24.6 Å². The van der Waals surface area contributed by atoms with Gasteiger partial charge in [0.15, 0.2) is 11.2 Å². The highest BCUT2D eigenvalue weighted by molar-refractivity contribution is 7.13. The molecule has 1 heterocycles. The number of carbonyl (C=O) groups is 2. The zero-order valence-electron chi connectivity index (χ0n) is 7.51. The van der Waals surface area contributed by atoms with Crippen molar-refractivity contribution in [1.29, 1.82) is 0 Å². The quantitative estimate of drug-likeness (QED) is 0.569. The Hall–Kier alpha value is -1.67. The van der Waals surface area contributed by atoms with Crippen molar-refractivity contribution in [2.45, 2.75) is 6.04 Å². The van der Waals surface area contributed by atoms with E-state index in [4.69, 9.17) is 10.2 Å². The molecule has 0 radical (unpaired) electrons. The third-order valence-electron chi connectivity index (χ3n) is 1.44. The summed E-state index contributed by atoms with van der Waals surface area (Å²) in [5.74, 6) is -1.30. The number of aliphatic carboxylic acids is 1. The Morgan fingerprint density at radius 2 is 2.33 bits per heavy atom. The Morgan fingerprint density at radius 1 is 1.60 bits per heavy atom. The minimum Gasteiger partial charge on any atom is -0.480 e. The Labute approximate surface area is 88.8 Å². The molecule has 2 amide bonds. The molecule has 0 bridgehead atoms. The maximum Gasteiger partial charge on any atom is 0.328 e. The topological polar surface area (TPSA) is 112 Å². The van der Waals surface area contributed by atoms with E-state index >= 15 is 0 Å². The average molecular weight is 231 g/mol. The molecule has 1 aromatic rings. The number of carboxylic acids is 1. The number of amides is 2. The lowest BCUT2D eigenvalue weighted by molar-refractivity contribution is -0.140. The van der Waals surface area contributed by atoms with Crippen LogP contribution in [0.1, 0.15) is 0 Å². The van der Waals surface area contributed by atoms with Crippen molar-refractivity contribution in [3.63, 3.8) is 0 Å². The van der Waals surface area contributed by atoms with E-state index in [-0.39, 0.29) is 0 Å². The number of anilines is 1. The largest absolute Gasteiger partial charge is 0.480 e. The van der Waals surface area contributed by atoms with Gasteiger partial charge in [-0.05, 0) is 0 Å². The molecule has 1 unspecified atom stereocenters. The average Bonchev–Trinajstić information content (AvgIpc) is 2.66. The van der Waals surface area contributed by atoms with Gasteiger partial charge in [-0.3, -0.25) is 5.32 Å². The van der Waals surface area contributed by atoms with Crippen molar-refractivity contribution in [3.05, 3.63) is 11.6 Å². The number of nitrogens with zero attached hydrogens (tertiary/aromatic N) is 1. The second kappa shape index (κ2) is 5.27. The molecule has 0 spiro atoms. The molecule has 4 N–H and O–H groups in total. The molecule has 7 nitrogen and oxygen atoms in total. The van der Waals surface area contributed by atoms with Gasteiger partial charge >= 0.3 is 12.0 Å². The molecule has 1 aromatic heterocycles. The highest BCUT2D eigenvalue weighted by Gasteiger charge is 2.18. The zero-order valence-corrected chi connectivity index (χ0v) is 8.32. The van der Waals surface area contributed by atoms with Gasteiger partial charge in [0.2, 0.25) is 0 Å². The van der Waals surface area contributed by atoms with Crippen LogP contribution in [0.3, 0.4) is 0 Å². The summed E-state index contributed by atoms with van der Waals surface area (Å²) in [6.45, 7) is -0.666. The van der Waals surface area contributed by atoms with Crippen molar-refractivity contribution in [1.82, 2.24) is 10.3 Å². The molecule has 0 fully saturated rings. The second-order valence-corrected chi connectivity index (χ2v) is 3.40. The van der Waals surface area contributed by atoms with Gasteiger partial charge in [-0.25, -0.2) is 14.6 Å². The lowest BCUT2D eigenvalue weighted by Gasteiger charge is -2.11. The van der Waals surface area contributed by atoms with Gasteiger partial charge in [0.1, 0.15) is 0 Å². The summed E-state index contributed by atoms with van der Waals surface area (Å²) in [6, 6.07) is -2.03. The molecule has 1 rings (SSSR count). The number of hydrogen-bond acceptors (Lipinski definition) is 5. The molecule has 0 aliphatic rings. The van der Waals surface area contributed by atoms with Crippen LogP contribution in [-0.2, 0) is 4.79 Å².